The summed E-state index contributed by atoms with van der Waals surface area (Å²) in [5.41, 5.74) is 0. The molecule has 0 aliphatic rings. The molecule has 0 aromatic heterocycles. The molecule has 0 heterocycles. The molecule has 1 unspecified atom stereocenters. The maximum atomic E-state index is 11.8. The van der Waals surface area contributed by atoms with Crippen LogP contribution in [0.5, 0.6) is 0 Å². The van der Waals surface area contributed by atoms with E-state index in [1.54, 1.807) is 7.11 Å². The summed E-state index contributed by atoms with van der Waals surface area (Å²) in [6, 6.07) is 0. The molecule has 0 saturated heterocycles. The van der Waals surface area contributed by atoms with E-state index in [0.29, 0.717) is 13.0 Å². The normalized spacial score (nSPS) is 12.3. The largest absolute Gasteiger partial charge is 0.466 e. The smallest absolute Gasteiger partial charge is 0.305 e. The van der Waals surface area contributed by atoms with Crippen LogP contribution < -0.4 is 0 Å². The lowest BCUT2D eigenvalue weighted by molar-refractivity contribution is -0.144. The van der Waals surface area contributed by atoms with E-state index in [2.05, 4.69) is 13.8 Å². The zero-order valence-corrected chi connectivity index (χ0v) is 16.6. The van der Waals surface area contributed by atoms with Gasteiger partial charge in [-0.2, -0.15) is 0 Å². The third-order valence-electron chi connectivity index (χ3n) is 4.64. The quantitative estimate of drug-likeness (QED) is 0.212. The molecule has 3 nitrogen and oxygen atoms in total. The van der Waals surface area contributed by atoms with Crippen LogP contribution in [-0.2, 0) is 14.3 Å². The Balaban J connectivity index is 3.49. The van der Waals surface area contributed by atoms with Crippen molar-refractivity contribution in [3.63, 3.8) is 0 Å². The second-order valence-corrected chi connectivity index (χ2v) is 6.94. The number of hydrogen-bond donors (Lipinski definition) is 0. The van der Waals surface area contributed by atoms with Gasteiger partial charge in [-0.25, -0.2) is 0 Å². The molecular weight excluding hydrogens is 300 g/mol. The molecule has 0 aromatic carbocycles. The van der Waals surface area contributed by atoms with Crippen molar-refractivity contribution in [2.75, 3.05) is 13.7 Å². The maximum absolute atomic E-state index is 11.8. The number of hydrogen-bond acceptors (Lipinski definition) is 3. The van der Waals surface area contributed by atoms with E-state index < -0.39 is 0 Å². The monoisotopic (exact) mass is 342 g/mol. The number of carbonyl (C=O) groups is 1. The number of methoxy groups -OCH3 is 1. The molecule has 0 radical (unpaired) electrons. The minimum Gasteiger partial charge on any atom is -0.466 e. The molecule has 0 fully saturated rings. The fourth-order valence-electron chi connectivity index (χ4n) is 2.95. The molecule has 0 aliphatic heterocycles. The fourth-order valence-corrected chi connectivity index (χ4v) is 2.95. The summed E-state index contributed by atoms with van der Waals surface area (Å²) < 4.78 is 10.8. The Morgan fingerprint density at radius 1 is 0.750 bits per heavy atom. The molecular formula is C21H42O3. The van der Waals surface area contributed by atoms with Crippen LogP contribution in [0.1, 0.15) is 110 Å². The van der Waals surface area contributed by atoms with Gasteiger partial charge >= 0.3 is 5.97 Å². The Morgan fingerprint density at radius 3 is 1.88 bits per heavy atom. The molecule has 24 heavy (non-hydrogen) atoms. The highest BCUT2D eigenvalue weighted by atomic mass is 16.5. The van der Waals surface area contributed by atoms with Crippen LogP contribution in [0.4, 0.5) is 0 Å². The van der Waals surface area contributed by atoms with Gasteiger partial charge in [0, 0.05) is 13.5 Å². The summed E-state index contributed by atoms with van der Waals surface area (Å²) in [4.78, 5) is 11.8. The molecule has 144 valence electrons. The average molecular weight is 343 g/mol. The van der Waals surface area contributed by atoms with Crippen LogP contribution in [0, 0.1) is 0 Å². The maximum Gasteiger partial charge on any atom is 0.305 e. The number of unbranched alkanes of at least 4 members (excludes halogenated alkanes) is 10. The summed E-state index contributed by atoms with van der Waals surface area (Å²) >= 11 is 0. The van der Waals surface area contributed by atoms with Crippen molar-refractivity contribution in [3.8, 4) is 0 Å². The van der Waals surface area contributed by atoms with Crippen LogP contribution in [0.3, 0.4) is 0 Å². The van der Waals surface area contributed by atoms with E-state index in [0.717, 1.165) is 19.3 Å². The minimum atomic E-state index is -0.0615. The fraction of sp³-hybridized carbons (Fsp3) is 0.952. The molecule has 0 saturated carbocycles. The number of esters is 1. The second kappa shape index (κ2) is 18.8. The Kier molecular flexibility index (Phi) is 18.3. The Bertz CT molecular complexity index is 266. The van der Waals surface area contributed by atoms with E-state index >= 15 is 0 Å². The van der Waals surface area contributed by atoms with Crippen LogP contribution in [-0.4, -0.2) is 25.8 Å². The first-order valence-corrected chi connectivity index (χ1v) is 10.4. The first kappa shape index (κ1) is 23.4. The predicted octanol–water partition coefficient (Wildman–Crippen LogP) is 6.44. The van der Waals surface area contributed by atoms with Gasteiger partial charge in [-0.05, 0) is 19.3 Å². The molecule has 0 bridgehead atoms. The number of ether oxygens (including phenoxy) is 2. The lowest BCUT2D eigenvalue weighted by Gasteiger charge is -2.14. The van der Waals surface area contributed by atoms with Crippen molar-refractivity contribution in [2.45, 2.75) is 116 Å². The Labute approximate surface area is 150 Å². The Morgan fingerprint density at radius 2 is 1.29 bits per heavy atom. The van der Waals surface area contributed by atoms with Crippen LogP contribution >= 0.6 is 0 Å². The minimum absolute atomic E-state index is 0.0615. The van der Waals surface area contributed by atoms with Crippen LogP contribution in [0.2, 0.25) is 0 Å². The Hall–Kier alpha value is -0.570. The molecule has 0 rings (SSSR count). The summed E-state index contributed by atoms with van der Waals surface area (Å²) in [7, 11) is 1.75. The van der Waals surface area contributed by atoms with Gasteiger partial charge in [0.05, 0.1) is 12.7 Å². The predicted molar refractivity (Wildman–Crippen MR) is 102 cm³/mol. The highest BCUT2D eigenvalue weighted by Crippen LogP contribution is 2.14. The van der Waals surface area contributed by atoms with Gasteiger partial charge in [-0.15, -0.1) is 0 Å². The van der Waals surface area contributed by atoms with Gasteiger partial charge in [0.1, 0.15) is 0 Å². The van der Waals surface area contributed by atoms with Crippen molar-refractivity contribution in [2.24, 2.45) is 0 Å². The van der Waals surface area contributed by atoms with E-state index in [4.69, 9.17) is 9.47 Å². The lowest BCUT2D eigenvalue weighted by atomic mass is 10.0. The first-order valence-electron chi connectivity index (χ1n) is 10.4. The van der Waals surface area contributed by atoms with Gasteiger partial charge in [-0.1, -0.05) is 84.5 Å². The van der Waals surface area contributed by atoms with Crippen LogP contribution in [0.25, 0.3) is 0 Å². The number of carbonyl (C=O) groups excluding carboxylic acids is 1. The molecule has 0 amide bonds. The zero-order chi connectivity index (χ0) is 17.9. The standard InChI is InChI=1S/C21H42O3/c1-4-6-8-10-12-14-16-20(23-3)17-18-21(22)24-19-15-13-11-9-7-5-2/h20H,4-19H2,1-3H3. The summed E-state index contributed by atoms with van der Waals surface area (Å²) in [5, 5.41) is 0. The van der Waals surface area contributed by atoms with Gasteiger partial charge in [0.25, 0.3) is 0 Å². The van der Waals surface area contributed by atoms with Gasteiger partial charge < -0.3 is 9.47 Å². The van der Waals surface area contributed by atoms with E-state index in [1.165, 1.54) is 70.6 Å². The van der Waals surface area contributed by atoms with Crippen molar-refractivity contribution >= 4 is 5.97 Å². The van der Waals surface area contributed by atoms with Crippen molar-refractivity contribution in [1.82, 2.24) is 0 Å². The average Bonchev–Trinajstić information content (AvgIpc) is 2.59. The number of rotatable bonds is 18. The van der Waals surface area contributed by atoms with Gasteiger partial charge in [0.2, 0.25) is 0 Å². The van der Waals surface area contributed by atoms with Gasteiger partial charge in [0.15, 0.2) is 0 Å². The van der Waals surface area contributed by atoms with Crippen LogP contribution in [0.15, 0.2) is 0 Å². The van der Waals surface area contributed by atoms with Crippen molar-refractivity contribution in [3.05, 3.63) is 0 Å². The lowest BCUT2D eigenvalue weighted by Crippen LogP contribution is -2.14. The zero-order valence-electron chi connectivity index (χ0n) is 16.6. The molecule has 0 aliphatic carbocycles. The topological polar surface area (TPSA) is 35.5 Å². The van der Waals surface area contributed by atoms with Crippen molar-refractivity contribution < 1.29 is 14.3 Å². The highest BCUT2D eigenvalue weighted by molar-refractivity contribution is 5.69. The second-order valence-electron chi connectivity index (χ2n) is 6.94. The van der Waals surface area contributed by atoms with Crippen molar-refractivity contribution in [1.29, 1.82) is 0 Å². The first-order chi connectivity index (χ1) is 11.7. The third kappa shape index (κ3) is 16.3. The third-order valence-corrected chi connectivity index (χ3v) is 4.64. The van der Waals surface area contributed by atoms with E-state index in [-0.39, 0.29) is 12.1 Å². The summed E-state index contributed by atoms with van der Waals surface area (Å²) in [6.45, 7) is 5.05. The summed E-state index contributed by atoms with van der Waals surface area (Å²) in [6.07, 6.45) is 17.7. The molecule has 0 N–H and O–H groups in total. The summed E-state index contributed by atoms with van der Waals surface area (Å²) in [5.74, 6) is -0.0615. The van der Waals surface area contributed by atoms with E-state index in [9.17, 15) is 4.79 Å². The van der Waals surface area contributed by atoms with Gasteiger partial charge in [-0.3, -0.25) is 4.79 Å². The molecule has 0 aromatic rings. The molecule has 1 atom stereocenters. The molecule has 3 heteroatoms. The van der Waals surface area contributed by atoms with E-state index in [1.807, 2.05) is 0 Å². The SMILES string of the molecule is CCCCCCCCOC(=O)CCC(CCCCCCCC)OC. The molecule has 0 spiro atoms. The highest BCUT2D eigenvalue weighted by Gasteiger charge is 2.11.